The molecule has 0 N–H and O–H groups in total. The maximum atomic E-state index is 11.4. The van der Waals surface area contributed by atoms with E-state index in [9.17, 15) is 10.1 Å². The molecule has 1 saturated heterocycles. The van der Waals surface area contributed by atoms with E-state index in [1.54, 1.807) is 12.1 Å². The van der Waals surface area contributed by atoms with Gasteiger partial charge in [0.25, 0.3) is 5.69 Å². The van der Waals surface area contributed by atoms with Crippen molar-refractivity contribution in [1.82, 2.24) is 19.1 Å². The molecular formula is C30H30N7O3P. The standard InChI is InChI=1S/C30H30N7O3P/c1-22-28-30(35(32-22)25-10-6-3-7-11-25)31-29(23-8-4-2-5-9-23)36(26-16-17-26)41(28,34-18-20-40-21-19-34)33-24-12-14-27(15-13-24)37(38)39/h2-15,26H,16-21H2,1H3/t41-/m0/s1. The molecule has 0 amide bonds. The van der Waals surface area contributed by atoms with E-state index >= 15 is 0 Å². The van der Waals surface area contributed by atoms with Gasteiger partial charge < -0.3 is 9.41 Å². The first kappa shape index (κ1) is 25.8. The Morgan fingerprint density at radius 3 is 2.24 bits per heavy atom. The lowest BCUT2D eigenvalue weighted by molar-refractivity contribution is -0.384. The van der Waals surface area contributed by atoms with Crippen molar-refractivity contribution in [3.63, 3.8) is 0 Å². The van der Waals surface area contributed by atoms with Crippen molar-refractivity contribution >= 4 is 35.7 Å². The number of aliphatic imine (C=N–C) groups is 1. The fourth-order valence-corrected chi connectivity index (χ4v) is 9.95. The molecule has 1 saturated carbocycles. The molecule has 7 rings (SSSR count). The molecule has 10 nitrogen and oxygen atoms in total. The molecule has 208 valence electrons. The second-order valence-corrected chi connectivity index (χ2v) is 13.2. The maximum absolute atomic E-state index is 11.4. The topological polar surface area (TPSA) is 101 Å². The highest BCUT2D eigenvalue weighted by Gasteiger charge is 2.51. The van der Waals surface area contributed by atoms with Gasteiger partial charge in [0.15, 0.2) is 13.2 Å². The number of rotatable bonds is 6. The number of amidine groups is 1. The van der Waals surface area contributed by atoms with E-state index in [4.69, 9.17) is 19.6 Å². The van der Waals surface area contributed by atoms with Crippen LogP contribution in [-0.2, 0) is 4.74 Å². The zero-order valence-corrected chi connectivity index (χ0v) is 23.6. The van der Waals surface area contributed by atoms with Gasteiger partial charge in [-0.05, 0) is 44.0 Å². The van der Waals surface area contributed by atoms with Gasteiger partial charge in [-0.1, -0.05) is 48.5 Å². The van der Waals surface area contributed by atoms with Gasteiger partial charge in [0, 0.05) is 36.8 Å². The number of hydrogen-bond acceptors (Lipinski definition) is 6. The molecule has 1 aromatic heterocycles. The first-order chi connectivity index (χ1) is 20.1. The lowest BCUT2D eigenvalue weighted by atomic mass is 10.2. The summed E-state index contributed by atoms with van der Waals surface area (Å²) in [6, 6.07) is 27.3. The molecule has 0 bridgehead atoms. The number of nitrogens with zero attached hydrogens (tertiary/aromatic N) is 7. The van der Waals surface area contributed by atoms with Gasteiger partial charge in [0.1, 0.15) is 5.84 Å². The lowest BCUT2D eigenvalue weighted by Gasteiger charge is -2.48. The van der Waals surface area contributed by atoms with Crippen molar-refractivity contribution in [1.29, 1.82) is 0 Å². The second-order valence-electron chi connectivity index (χ2n) is 10.4. The third kappa shape index (κ3) is 4.48. The van der Waals surface area contributed by atoms with Crippen LogP contribution in [0.3, 0.4) is 0 Å². The summed E-state index contributed by atoms with van der Waals surface area (Å²) >= 11 is 0. The number of nitro benzene ring substituents is 1. The average molecular weight is 568 g/mol. The second kappa shape index (κ2) is 10.4. The molecule has 4 aromatic rings. The molecule has 3 aliphatic rings. The van der Waals surface area contributed by atoms with E-state index in [-0.39, 0.29) is 16.7 Å². The summed E-state index contributed by atoms with van der Waals surface area (Å²) in [4.78, 5) is 16.4. The summed E-state index contributed by atoms with van der Waals surface area (Å²) in [7, 11) is -2.75. The number of aryl methyl sites for hydroxylation is 1. The van der Waals surface area contributed by atoms with Crippen LogP contribution >= 0.6 is 7.36 Å². The van der Waals surface area contributed by atoms with Crippen molar-refractivity contribution < 1.29 is 9.66 Å². The Morgan fingerprint density at radius 2 is 1.61 bits per heavy atom. The van der Waals surface area contributed by atoms with Gasteiger partial charge in [0.2, 0.25) is 0 Å². The van der Waals surface area contributed by atoms with Crippen LogP contribution in [0, 0.1) is 17.0 Å². The lowest BCUT2D eigenvalue weighted by Crippen LogP contribution is -2.47. The van der Waals surface area contributed by atoms with Crippen molar-refractivity contribution in [3.8, 4) is 5.69 Å². The van der Waals surface area contributed by atoms with E-state index in [1.807, 2.05) is 60.1 Å². The number of morpholine rings is 1. The molecule has 0 unspecified atom stereocenters. The minimum Gasteiger partial charge on any atom is -0.379 e. The molecule has 0 spiro atoms. The van der Waals surface area contributed by atoms with Crippen LogP contribution in [0.15, 0.2) is 94.7 Å². The number of fused-ring (bicyclic) bond motifs is 1. The summed E-state index contributed by atoms with van der Waals surface area (Å²) in [6.45, 7) is 4.69. The molecule has 41 heavy (non-hydrogen) atoms. The highest BCUT2D eigenvalue weighted by molar-refractivity contribution is 7.70. The zero-order chi connectivity index (χ0) is 28.0. The van der Waals surface area contributed by atoms with E-state index in [1.165, 1.54) is 12.1 Å². The van der Waals surface area contributed by atoms with E-state index in [0.717, 1.165) is 46.7 Å². The molecule has 2 fully saturated rings. The van der Waals surface area contributed by atoms with Crippen LogP contribution < -0.4 is 5.30 Å². The first-order valence-corrected chi connectivity index (χ1v) is 15.5. The maximum Gasteiger partial charge on any atom is 0.269 e. The summed E-state index contributed by atoms with van der Waals surface area (Å²) in [5.41, 5.74) is 3.60. The summed E-state index contributed by atoms with van der Waals surface area (Å²) < 4.78 is 18.4. The predicted molar refractivity (Wildman–Crippen MR) is 160 cm³/mol. The highest BCUT2D eigenvalue weighted by Crippen LogP contribution is 2.65. The minimum atomic E-state index is -2.75. The van der Waals surface area contributed by atoms with Crippen LogP contribution in [-0.4, -0.2) is 62.2 Å². The molecule has 1 aliphatic carbocycles. The average Bonchev–Trinajstić information content (AvgIpc) is 3.80. The van der Waals surface area contributed by atoms with Crippen molar-refractivity contribution in [2.45, 2.75) is 25.8 Å². The largest absolute Gasteiger partial charge is 0.379 e. The summed E-state index contributed by atoms with van der Waals surface area (Å²) in [6.07, 6.45) is 2.10. The number of ether oxygens (including phenoxy) is 1. The van der Waals surface area contributed by atoms with Crippen molar-refractivity contribution in [2.75, 3.05) is 26.3 Å². The van der Waals surface area contributed by atoms with Crippen LogP contribution in [0.5, 0.6) is 0 Å². The Bertz CT molecular complexity index is 1680. The highest BCUT2D eigenvalue weighted by atomic mass is 31.2. The van der Waals surface area contributed by atoms with E-state index in [2.05, 4.69) is 21.5 Å². The van der Waals surface area contributed by atoms with Crippen LogP contribution in [0.2, 0.25) is 0 Å². The number of nitro groups is 1. The molecule has 1 atom stereocenters. The third-order valence-electron chi connectivity index (χ3n) is 7.66. The van der Waals surface area contributed by atoms with Gasteiger partial charge in [-0.15, -0.1) is 0 Å². The zero-order valence-electron chi connectivity index (χ0n) is 22.7. The number of benzene rings is 3. The van der Waals surface area contributed by atoms with Gasteiger partial charge in [-0.25, -0.2) is 19.1 Å². The Kier molecular flexibility index (Phi) is 6.54. The monoisotopic (exact) mass is 567 g/mol. The van der Waals surface area contributed by atoms with Crippen molar-refractivity contribution in [2.24, 2.45) is 9.74 Å². The normalized spacial score (nSPS) is 20.8. The quantitative estimate of drug-likeness (QED) is 0.162. The summed E-state index contributed by atoms with van der Waals surface area (Å²) in [5, 5.41) is 17.5. The van der Waals surface area contributed by atoms with Crippen LogP contribution in [0.1, 0.15) is 24.1 Å². The van der Waals surface area contributed by atoms with Gasteiger partial charge in [-0.3, -0.25) is 10.1 Å². The molecular weight excluding hydrogens is 537 g/mol. The first-order valence-electron chi connectivity index (χ1n) is 13.9. The number of aromatic nitrogens is 2. The number of hydrogen-bond donors (Lipinski definition) is 0. The molecule has 3 heterocycles. The van der Waals surface area contributed by atoms with Crippen LogP contribution in [0.25, 0.3) is 5.69 Å². The Balaban J connectivity index is 1.57. The fraction of sp³-hybridized carbons (Fsp3) is 0.267. The van der Waals surface area contributed by atoms with E-state index < -0.39 is 7.36 Å². The molecule has 0 radical (unpaired) electrons. The molecule has 11 heteroatoms. The Labute approximate surface area is 238 Å². The minimum absolute atomic E-state index is 0.0469. The smallest absolute Gasteiger partial charge is 0.269 e. The third-order valence-corrected chi connectivity index (χ3v) is 11.6. The van der Waals surface area contributed by atoms with E-state index in [0.29, 0.717) is 32.0 Å². The Morgan fingerprint density at radius 1 is 0.951 bits per heavy atom. The SMILES string of the molecule is Cc1nn(-c2ccccc2)c2c1[P@](=Nc1ccc([N+](=O)[O-])cc1)(N1CCOCC1)N(C1CC1)C(c1ccccc1)=N2. The van der Waals surface area contributed by atoms with Gasteiger partial charge in [-0.2, -0.15) is 5.10 Å². The van der Waals surface area contributed by atoms with Gasteiger partial charge in [0.05, 0.1) is 40.5 Å². The Hall–Kier alpha value is -4.11. The van der Waals surface area contributed by atoms with Crippen LogP contribution in [0.4, 0.5) is 17.2 Å². The fourth-order valence-electron chi connectivity index (χ4n) is 5.68. The number of para-hydroxylation sites is 1. The van der Waals surface area contributed by atoms with Gasteiger partial charge >= 0.3 is 0 Å². The predicted octanol–water partition coefficient (Wildman–Crippen LogP) is 5.97. The van der Waals surface area contributed by atoms with Crippen molar-refractivity contribution in [3.05, 3.63) is 106 Å². The molecule has 2 aliphatic heterocycles. The number of non-ortho nitro benzene ring substituents is 1. The molecule has 3 aromatic carbocycles. The summed E-state index contributed by atoms with van der Waals surface area (Å²) in [5.74, 6) is 1.68.